The largest absolute Gasteiger partial charge is 0.507 e. The minimum Gasteiger partial charge on any atom is -0.507 e. The van der Waals surface area contributed by atoms with Crippen LogP contribution in [-0.2, 0) is 5.41 Å². The third kappa shape index (κ3) is 4.38. The van der Waals surface area contributed by atoms with Gasteiger partial charge < -0.3 is 9.84 Å². The van der Waals surface area contributed by atoms with E-state index in [2.05, 4.69) is 10.5 Å². The summed E-state index contributed by atoms with van der Waals surface area (Å²) in [4.78, 5) is 0. The number of nitrogens with one attached hydrogen (secondary N) is 1. The first-order chi connectivity index (χ1) is 9.29. The summed E-state index contributed by atoms with van der Waals surface area (Å²) < 4.78 is 5.84. The zero-order valence-corrected chi connectivity index (χ0v) is 14.0. The van der Waals surface area contributed by atoms with Crippen LogP contribution in [0.1, 0.15) is 31.9 Å². The van der Waals surface area contributed by atoms with E-state index in [-0.39, 0.29) is 11.2 Å². The van der Waals surface area contributed by atoms with Gasteiger partial charge in [-0.2, -0.15) is 5.10 Å². The summed E-state index contributed by atoms with van der Waals surface area (Å²) in [6.07, 6.45) is 3.40. The van der Waals surface area contributed by atoms with Crippen LogP contribution in [0.3, 0.4) is 0 Å². The number of methoxy groups -OCH3 is 1. The Labute approximate surface area is 129 Å². The lowest BCUT2D eigenvalue weighted by Gasteiger charge is -2.22. The zero-order valence-electron chi connectivity index (χ0n) is 12.4. The monoisotopic (exact) mass is 312 g/mol. The second-order valence-corrected chi connectivity index (χ2v) is 6.71. The van der Waals surface area contributed by atoms with Gasteiger partial charge in [0.25, 0.3) is 0 Å². The molecule has 0 heterocycles. The maximum atomic E-state index is 10.4. The van der Waals surface area contributed by atoms with E-state index in [4.69, 9.17) is 17.0 Å². The van der Waals surface area contributed by atoms with E-state index in [9.17, 15) is 5.11 Å². The van der Waals surface area contributed by atoms with Crippen molar-refractivity contribution in [2.45, 2.75) is 26.2 Å². The summed E-state index contributed by atoms with van der Waals surface area (Å²) in [6.45, 7) is 6.09. The van der Waals surface area contributed by atoms with Gasteiger partial charge >= 0.3 is 0 Å². The van der Waals surface area contributed by atoms with Gasteiger partial charge in [-0.15, -0.1) is 0 Å². The van der Waals surface area contributed by atoms with Gasteiger partial charge in [-0.1, -0.05) is 44.8 Å². The lowest BCUT2D eigenvalue weighted by molar-refractivity contribution is 0.405. The van der Waals surface area contributed by atoms with E-state index in [1.807, 2.05) is 33.1 Å². The normalized spacial score (nSPS) is 11.7. The quantitative estimate of drug-likeness (QED) is 0.510. The molecule has 2 N–H and O–H groups in total. The van der Waals surface area contributed by atoms with Gasteiger partial charge in [0.15, 0.2) is 4.32 Å². The number of rotatable bonds is 3. The predicted molar refractivity (Wildman–Crippen MR) is 90.2 cm³/mol. The van der Waals surface area contributed by atoms with E-state index >= 15 is 0 Å². The van der Waals surface area contributed by atoms with Crippen molar-refractivity contribution in [3.63, 3.8) is 0 Å². The standard InChI is InChI=1S/C14H20N2O2S2/c1-14(2,3)11-7-10(18-4)6-9(12(11)17)8-15-16-13(19)20-5/h6-8,17H,1-5H3,(H,16,19)/b15-8+. The molecule has 110 valence electrons. The second kappa shape index (κ2) is 6.95. The molecule has 0 aliphatic heterocycles. The molecule has 6 heteroatoms. The van der Waals surface area contributed by atoms with Crippen molar-refractivity contribution in [1.82, 2.24) is 5.43 Å². The summed E-state index contributed by atoms with van der Waals surface area (Å²) in [6, 6.07) is 3.57. The van der Waals surface area contributed by atoms with Crippen molar-refractivity contribution >= 4 is 34.5 Å². The van der Waals surface area contributed by atoms with Crippen LogP contribution >= 0.6 is 24.0 Å². The van der Waals surface area contributed by atoms with Crippen LogP contribution in [0.5, 0.6) is 11.5 Å². The molecule has 0 radical (unpaired) electrons. The number of phenolic OH excluding ortho intramolecular Hbond substituents is 1. The van der Waals surface area contributed by atoms with E-state index in [1.165, 1.54) is 18.0 Å². The smallest absolute Gasteiger partial charge is 0.153 e. The zero-order chi connectivity index (χ0) is 15.3. The topological polar surface area (TPSA) is 53.8 Å². The first kappa shape index (κ1) is 16.8. The third-order valence-corrected chi connectivity index (χ3v) is 3.75. The Morgan fingerprint density at radius 2 is 2.10 bits per heavy atom. The molecule has 0 saturated carbocycles. The molecule has 0 aliphatic rings. The number of hydrogen-bond acceptors (Lipinski definition) is 5. The number of ether oxygens (including phenoxy) is 1. The molecule has 1 rings (SSSR count). The van der Waals surface area contributed by atoms with E-state index in [0.29, 0.717) is 15.6 Å². The van der Waals surface area contributed by atoms with Crippen LogP contribution in [0.25, 0.3) is 0 Å². The van der Waals surface area contributed by atoms with Crippen LogP contribution in [0.15, 0.2) is 17.2 Å². The minimum absolute atomic E-state index is 0.191. The van der Waals surface area contributed by atoms with Crippen LogP contribution in [-0.4, -0.2) is 29.0 Å². The Morgan fingerprint density at radius 3 is 2.60 bits per heavy atom. The highest BCUT2D eigenvalue weighted by atomic mass is 32.2. The van der Waals surface area contributed by atoms with Gasteiger partial charge in [0.2, 0.25) is 0 Å². The molecule has 0 aliphatic carbocycles. The first-order valence-electron chi connectivity index (χ1n) is 6.08. The van der Waals surface area contributed by atoms with Crippen LogP contribution < -0.4 is 10.2 Å². The summed E-state index contributed by atoms with van der Waals surface area (Å²) >= 11 is 6.39. The van der Waals surface area contributed by atoms with Crippen LogP contribution in [0, 0.1) is 0 Å². The molecule has 4 nitrogen and oxygen atoms in total. The highest BCUT2D eigenvalue weighted by molar-refractivity contribution is 8.22. The average molecular weight is 312 g/mol. The summed E-state index contributed by atoms with van der Waals surface area (Å²) in [7, 11) is 1.60. The minimum atomic E-state index is -0.191. The Kier molecular flexibility index (Phi) is 5.83. The van der Waals surface area contributed by atoms with Crippen molar-refractivity contribution in [2.24, 2.45) is 5.10 Å². The van der Waals surface area contributed by atoms with E-state index < -0.39 is 0 Å². The molecule has 0 bridgehead atoms. The fourth-order valence-electron chi connectivity index (χ4n) is 1.62. The number of thioether (sulfide) groups is 1. The van der Waals surface area contributed by atoms with Crippen molar-refractivity contribution in [1.29, 1.82) is 0 Å². The molecule has 20 heavy (non-hydrogen) atoms. The fraction of sp³-hybridized carbons (Fsp3) is 0.429. The Morgan fingerprint density at radius 1 is 1.45 bits per heavy atom. The lowest BCUT2D eigenvalue weighted by Crippen LogP contribution is -2.13. The molecular weight excluding hydrogens is 292 g/mol. The molecule has 0 aromatic heterocycles. The number of thiocarbonyl (C=S) groups is 1. The lowest BCUT2D eigenvalue weighted by atomic mass is 9.85. The van der Waals surface area contributed by atoms with Crippen molar-refractivity contribution in [3.05, 3.63) is 23.3 Å². The van der Waals surface area contributed by atoms with Crippen molar-refractivity contribution < 1.29 is 9.84 Å². The van der Waals surface area contributed by atoms with Gasteiger partial charge in [0, 0.05) is 11.1 Å². The van der Waals surface area contributed by atoms with Crippen LogP contribution in [0.2, 0.25) is 0 Å². The first-order valence-corrected chi connectivity index (χ1v) is 7.71. The summed E-state index contributed by atoms with van der Waals surface area (Å²) in [5, 5.41) is 14.4. The number of aromatic hydroxyl groups is 1. The summed E-state index contributed by atoms with van der Waals surface area (Å²) in [5.74, 6) is 0.889. The maximum absolute atomic E-state index is 10.4. The highest BCUT2D eigenvalue weighted by Crippen LogP contribution is 2.35. The number of hydrogen-bond donors (Lipinski definition) is 2. The molecule has 0 spiro atoms. The Balaban J connectivity index is 3.16. The van der Waals surface area contributed by atoms with Gasteiger partial charge in [0.1, 0.15) is 11.5 Å². The van der Waals surface area contributed by atoms with Crippen molar-refractivity contribution in [3.8, 4) is 11.5 Å². The molecule has 0 unspecified atom stereocenters. The van der Waals surface area contributed by atoms with E-state index in [0.717, 1.165) is 5.56 Å². The van der Waals surface area contributed by atoms with Gasteiger partial charge in [-0.25, -0.2) is 0 Å². The SMILES string of the molecule is COc1cc(/C=N/NC(=S)SC)c(O)c(C(C)(C)C)c1. The number of nitrogens with zero attached hydrogens (tertiary/aromatic N) is 1. The molecule has 0 atom stereocenters. The van der Waals surface area contributed by atoms with Gasteiger partial charge in [0.05, 0.1) is 13.3 Å². The fourth-order valence-corrected chi connectivity index (χ4v) is 1.81. The van der Waals surface area contributed by atoms with Gasteiger partial charge in [-0.05, 0) is 23.8 Å². The molecule has 1 aromatic rings. The third-order valence-electron chi connectivity index (χ3n) is 2.70. The molecule has 0 saturated heterocycles. The Bertz CT molecular complexity index is 523. The predicted octanol–water partition coefficient (Wildman–Crippen LogP) is 3.27. The molecule has 1 aromatic carbocycles. The second-order valence-electron chi connectivity index (χ2n) is 5.22. The number of benzene rings is 1. The summed E-state index contributed by atoms with van der Waals surface area (Å²) in [5.41, 5.74) is 3.92. The molecular formula is C14H20N2O2S2. The highest BCUT2D eigenvalue weighted by Gasteiger charge is 2.21. The molecule has 0 amide bonds. The van der Waals surface area contributed by atoms with Gasteiger partial charge in [-0.3, -0.25) is 5.43 Å². The number of hydrazone groups is 1. The Hall–Kier alpha value is -1.27. The van der Waals surface area contributed by atoms with Crippen LogP contribution in [0.4, 0.5) is 0 Å². The average Bonchev–Trinajstić information content (AvgIpc) is 2.39. The van der Waals surface area contributed by atoms with Crippen molar-refractivity contribution in [2.75, 3.05) is 13.4 Å². The van der Waals surface area contributed by atoms with E-state index in [1.54, 1.807) is 13.2 Å². The number of phenols is 1. The molecule has 0 fully saturated rings. The maximum Gasteiger partial charge on any atom is 0.153 e.